The van der Waals surface area contributed by atoms with Crippen molar-refractivity contribution in [2.45, 2.75) is 83.0 Å². The van der Waals surface area contributed by atoms with Gasteiger partial charge >= 0.3 is 0 Å². The van der Waals surface area contributed by atoms with E-state index in [1.807, 2.05) is 6.92 Å². The first kappa shape index (κ1) is 29.9. The molecule has 2 heterocycles. The van der Waals surface area contributed by atoms with Crippen LogP contribution in [0.4, 0.5) is 5.69 Å². The first-order chi connectivity index (χ1) is 20.1. The van der Waals surface area contributed by atoms with Crippen molar-refractivity contribution in [3.05, 3.63) is 28.7 Å². The van der Waals surface area contributed by atoms with E-state index in [1.54, 1.807) is 6.07 Å². The fourth-order valence-electron chi connectivity index (χ4n) is 7.71. The van der Waals surface area contributed by atoms with Gasteiger partial charge in [-0.3, -0.25) is 28.8 Å². The molecular weight excluding hydrogens is 540 g/mol. The molecule has 0 radical (unpaired) electrons. The number of nitrogens with zero attached hydrogens (tertiary/aromatic N) is 1. The van der Waals surface area contributed by atoms with Crippen molar-refractivity contribution in [2.75, 3.05) is 18.9 Å². The number of aromatic nitrogens is 1. The summed E-state index contributed by atoms with van der Waals surface area (Å²) in [5.74, 6) is 0.0876. The summed E-state index contributed by atoms with van der Waals surface area (Å²) in [4.78, 5) is 76.2. The van der Waals surface area contributed by atoms with Gasteiger partial charge in [0.2, 0.25) is 23.5 Å². The van der Waals surface area contributed by atoms with E-state index in [1.165, 1.54) is 56.0 Å². The third-order valence-corrected chi connectivity index (χ3v) is 9.59. The van der Waals surface area contributed by atoms with Crippen molar-refractivity contribution in [1.29, 1.82) is 0 Å². The maximum Gasteiger partial charge on any atom is 0.287 e. The molecule has 1 aliphatic heterocycles. The summed E-state index contributed by atoms with van der Waals surface area (Å²) >= 11 is 0. The van der Waals surface area contributed by atoms with Crippen molar-refractivity contribution in [3.8, 4) is 0 Å². The number of likely N-dealkylation sites (N-methyl/N-ethyl adjacent to an activating group) is 1. The minimum Gasteiger partial charge on any atom is -0.353 e. The molecule has 5 N–H and O–H groups in total. The van der Waals surface area contributed by atoms with Crippen LogP contribution in [-0.4, -0.2) is 65.7 Å². The molecule has 1 aromatic heterocycles. The highest BCUT2D eigenvalue weighted by Gasteiger charge is 2.48. The lowest BCUT2D eigenvalue weighted by molar-refractivity contribution is -0.138. The Morgan fingerprint density at radius 3 is 2.33 bits per heavy atom. The Bertz CT molecular complexity index is 1270. The van der Waals surface area contributed by atoms with E-state index in [0.717, 1.165) is 11.8 Å². The average Bonchev–Trinajstić information content (AvgIpc) is 3.40. The molecule has 12 heteroatoms. The third-order valence-electron chi connectivity index (χ3n) is 9.59. The number of rotatable bonds is 11. The van der Waals surface area contributed by atoms with E-state index in [4.69, 9.17) is 0 Å². The van der Waals surface area contributed by atoms with Crippen LogP contribution in [0.2, 0.25) is 0 Å². The second-order valence-electron chi connectivity index (χ2n) is 12.8. The van der Waals surface area contributed by atoms with Gasteiger partial charge in [0.15, 0.2) is 0 Å². The van der Waals surface area contributed by atoms with Gasteiger partial charge in [-0.05, 0) is 93.2 Å². The molecule has 12 nitrogen and oxygen atoms in total. The smallest absolute Gasteiger partial charge is 0.287 e. The summed E-state index contributed by atoms with van der Waals surface area (Å²) in [5.41, 5.74) is -0.599. The lowest BCUT2D eigenvalue weighted by atomic mass is 9.54. The Morgan fingerprint density at radius 2 is 1.71 bits per heavy atom. The molecule has 4 bridgehead atoms. The van der Waals surface area contributed by atoms with E-state index in [9.17, 15) is 28.8 Å². The normalized spacial score (nSPS) is 29.9. The largest absolute Gasteiger partial charge is 0.353 e. The van der Waals surface area contributed by atoms with Crippen LogP contribution in [0.1, 0.15) is 58.3 Å². The van der Waals surface area contributed by atoms with Gasteiger partial charge in [0, 0.05) is 25.7 Å². The molecule has 4 aliphatic carbocycles. The first-order valence-corrected chi connectivity index (χ1v) is 15.2. The van der Waals surface area contributed by atoms with Crippen molar-refractivity contribution in [2.24, 2.45) is 29.6 Å². The van der Waals surface area contributed by atoms with Gasteiger partial charge in [0.25, 0.3) is 11.5 Å². The molecule has 228 valence electrons. The quantitative estimate of drug-likeness (QED) is 0.234. The Labute approximate surface area is 245 Å². The topological polar surface area (TPSA) is 168 Å². The summed E-state index contributed by atoms with van der Waals surface area (Å²) < 4.78 is 1.26. The maximum absolute atomic E-state index is 13.3. The van der Waals surface area contributed by atoms with Crippen molar-refractivity contribution >= 4 is 35.1 Å². The van der Waals surface area contributed by atoms with Crippen molar-refractivity contribution in [1.82, 2.24) is 25.8 Å². The molecule has 42 heavy (non-hydrogen) atoms. The van der Waals surface area contributed by atoms with Gasteiger partial charge < -0.3 is 31.2 Å². The molecule has 5 aliphatic rings. The number of hydrogen-bond acceptors (Lipinski definition) is 7. The van der Waals surface area contributed by atoms with Gasteiger partial charge in [0.1, 0.15) is 18.3 Å². The molecule has 6 rings (SSSR count). The zero-order valence-corrected chi connectivity index (χ0v) is 24.3. The van der Waals surface area contributed by atoms with E-state index in [0.29, 0.717) is 30.7 Å². The molecule has 3 atom stereocenters. The predicted octanol–water partition coefficient (Wildman–Crippen LogP) is 0.306. The Balaban J connectivity index is 1.22. The standard InChI is InChI=1S/C30H42N6O6/c1-16-8-23(32-14-16)28(40)33-21(5-6-24(37)29(41)31-2)27(39)34-22-4-3-7-36(30(22)42)15-25(38)35-26-19-10-17-9-18(12-19)13-20(26)11-17/h3-4,7,16-21,23,26,32H,5-6,8-15H2,1-2H3,(H,31,41)(H,33,40)(H,34,39)(H,35,38)/t16-,17?,18?,19?,20?,21-,23-,26?/m0/s1. The second-order valence-corrected chi connectivity index (χ2v) is 12.8. The average molecular weight is 583 g/mol. The van der Waals surface area contributed by atoms with Gasteiger partial charge in [-0.1, -0.05) is 6.92 Å². The third kappa shape index (κ3) is 6.74. The number of carbonyl (C=O) groups excluding carboxylic acids is 5. The lowest BCUT2D eigenvalue weighted by Crippen LogP contribution is -2.56. The Hall–Kier alpha value is -3.54. The number of pyridine rings is 1. The molecule has 0 spiro atoms. The van der Waals surface area contributed by atoms with Crippen LogP contribution in [-0.2, 0) is 30.5 Å². The van der Waals surface area contributed by atoms with Crippen LogP contribution in [0.15, 0.2) is 23.1 Å². The van der Waals surface area contributed by atoms with Crippen molar-refractivity contribution in [3.63, 3.8) is 0 Å². The van der Waals surface area contributed by atoms with Gasteiger partial charge in [-0.25, -0.2) is 0 Å². The molecule has 4 amide bonds. The van der Waals surface area contributed by atoms with Crippen LogP contribution in [0.3, 0.4) is 0 Å². The van der Waals surface area contributed by atoms with Crippen LogP contribution in [0, 0.1) is 29.6 Å². The molecule has 0 unspecified atom stereocenters. The lowest BCUT2D eigenvalue weighted by Gasteiger charge is -2.54. The zero-order valence-electron chi connectivity index (χ0n) is 24.3. The SMILES string of the molecule is CNC(=O)C(=O)CC[C@H](NC(=O)[C@@H]1C[C@H](C)CN1)C(=O)Nc1cccn(CC(=O)NC2C3CC4CC(C3)CC2C4)c1=O. The molecule has 1 aromatic rings. The van der Waals surface area contributed by atoms with E-state index in [-0.39, 0.29) is 42.9 Å². The summed E-state index contributed by atoms with van der Waals surface area (Å²) in [5, 5.41) is 13.8. The minimum atomic E-state index is -1.16. The summed E-state index contributed by atoms with van der Waals surface area (Å²) in [6.07, 6.45) is 7.71. The van der Waals surface area contributed by atoms with Crippen LogP contribution in [0.25, 0.3) is 0 Å². The number of nitrogens with one attached hydrogen (secondary N) is 5. The van der Waals surface area contributed by atoms with Gasteiger partial charge in [0.05, 0.1) is 6.04 Å². The first-order valence-electron chi connectivity index (χ1n) is 15.2. The van der Waals surface area contributed by atoms with Gasteiger partial charge in [-0.15, -0.1) is 0 Å². The van der Waals surface area contributed by atoms with Gasteiger partial charge in [-0.2, -0.15) is 0 Å². The number of ketones is 1. The number of carbonyl (C=O) groups is 5. The molecule has 0 aromatic carbocycles. The van der Waals surface area contributed by atoms with E-state index >= 15 is 0 Å². The van der Waals surface area contributed by atoms with E-state index < -0.39 is 35.2 Å². The number of amides is 4. The number of anilines is 1. The fraction of sp³-hybridized carbons (Fsp3) is 0.667. The van der Waals surface area contributed by atoms with Crippen LogP contribution in [0.5, 0.6) is 0 Å². The zero-order chi connectivity index (χ0) is 30.0. The summed E-state index contributed by atoms with van der Waals surface area (Å²) in [7, 11) is 1.34. The predicted molar refractivity (Wildman–Crippen MR) is 154 cm³/mol. The summed E-state index contributed by atoms with van der Waals surface area (Å²) in [6, 6.07) is 1.52. The molecular formula is C30H42N6O6. The molecule has 5 fully saturated rings. The minimum absolute atomic E-state index is 0.0468. The molecule has 4 saturated carbocycles. The summed E-state index contributed by atoms with van der Waals surface area (Å²) in [6.45, 7) is 2.51. The highest BCUT2D eigenvalue weighted by Crippen LogP contribution is 2.53. The van der Waals surface area contributed by atoms with E-state index in [2.05, 4.69) is 26.6 Å². The number of Topliss-reactive ketones (excluding diaryl/α,β-unsaturated/α-hetero) is 1. The Morgan fingerprint density at radius 1 is 1.02 bits per heavy atom. The van der Waals surface area contributed by atoms with Crippen LogP contribution < -0.4 is 32.1 Å². The number of hydrogen-bond donors (Lipinski definition) is 5. The molecule has 1 saturated heterocycles. The highest BCUT2D eigenvalue weighted by atomic mass is 16.2. The van der Waals surface area contributed by atoms with Crippen LogP contribution >= 0.6 is 0 Å². The van der Waals surface area contributed by atoms with Crippen molar-refractivity contribution < 1.29 is 24.0 Å². The fourth-order valence-corrected chi connectivity index (χ4v) is 7.71. The highest BCUT2D eigenvalue weighted by molar-refractivity contribution is 6.36. The Kier molecular flexibility index (Phi) is 9.10. The maximum atomic E-state index is 13.3. The second kappa shape index (κ2) is 12.8. The monoisotopic (exact) mass is 582 g/mol.